The van der Waals surface area contributed by atoms with Crippen molar-refractivity contribution in [3.8, 4) is 0 Å². The van der Waals surface area contributed by atoms with E-state index in [0.717, 1.165) is 12.8 Å². The molecule has 96 valence electrons. The van der Waals surface area contributed by atoms with Gasteiger partial charge in [-0.15, -0.1) is 0 Å². The van der Waals surface area contributed by atoms with Gasteiger partial charge < -0.3 is 20.6 Å². The third kappa shape index (κ3) is 2.58. The first-order chi connectivity index (χ1) is 8.09. The maximum absolute atomic E-state index is 11.7. The van der Waals surface area contributed by atoms with Gasteiger partial charge in [0.1, 0.15) is 6.10 Å². The van der Waals surface area contributed by atoms with E-state index in [0.29, 0.717) is 26.1 Å². The summed E-state index contributed by atoms with van der Waals surface area (Å²) in [5.41, 5.74) is 5.79. The van der Waals surface area contributed by atoms with Gasteiger partial charge in [0.05, 0.1) is 6.04 Å². The minimum absolute atomic E-state index is 0.0593. The van der Waals surface area contributed by atoms with E-state index in [-0.39, 0.29) is 18.4 Å². The van der Waals surface area contributed by atoms with E-state index in [2.05, 4.69) is 0 Å². The summed E-state index contributed by atoms with van der Waals surface area (Å²) in [4.78, 5) is 26.3. The maximum atomic E-state index is 11.7. The summed E-state index contributed by atoms with van der Waals surface area (Å²) in [5, 5.41) is 9.81. The van der Waals surface area contributed by atoms with Gasteiger partial charge in [0.25, 0.3) is 5.91 Å². The largest absolute Gasteiger partial charge is 0.382 e. The van der Waals surface area contributed by atoms with Crippen LogP contribution < -0.4 is 5.73 Å². The molecule has 6 nitrogen and oxygen atoms in total. The fourth-order valence-electron chi connectivity index (χ4n) is 2.16. The summed E-state index contributed by atoms with van der Waals surface area (Å²) < 4.78 is 0. The third-order valence-electron chi connectivity index (χ3n) is 3.43. The van der Waals surface area contributed by atoms with Crippen molar-refractivity contribution in [1.29, 1.82) is 0 Å². The Labute approximate surface area is 100 Å². The molecule has 2 fully saturated rings. The molecule has 3 N–H and O–H groups in total. The zero-order valence-corrected chi connectivity index (χ0v) is 9.84. The van der Waals surface area contributed by atoms with E-state index in [1.165, 1.54) is 0 Å². The fraction of sp³-hybridized carbons (Fsp3) is 0.818. The second-order valence-electron chi connectivity index (χ2n) is 4.73. The minimum atomic E-state index is -1.19. The van der Waals surface area contributed by atoms with Gasteiger partial charge in [-0.05, 0) is 12.8 Å². The van der Waals surface area contributed by atoms with Crippen molar-refractivity contribution in [1.82, 2.24) is 9.80 Å². The second kappa shape index (κ2) is 5.01. The number of carbonyl (C=O) groups excluding carboxylic acids is 2. The van der Waals surface area contributed by atoms with Gasteiger partial charge in [0, 0.05) is 32.6 Å². The quantitative estimate of drug-likeness (QED) is 0.629. The third-order valence-corrected chi connectivity index (χ3v) is 3.43. The Hall–Kier alpha value is -1.14. The predicted molar refractivity (Wildman–Crippen MR) is 61.0 cm³/mol. The van der Waals surface area contributed by atoms with Crippen LogP contribution in [-0.2, 0) is 9.59 Å². The van der Waals surface area contributed by atoms with Crippen molar-refractivity contribution < 1.29 is 14.7 Å². The number of nitrogens with two attached hydrogens (primary N) is 1. The Kier molecular flexibility index (Phi) is 3.63. The number of hydrogen-bond acceptors (Lipinski definition) is 4. The van der Waals surface area contributed by atoms with Gasteiger partial charge in [0.15, 0.2) is 0 Å². The van der Waals surface area contributed by atoms with Crippen LogP contribution in [0.4, 0.5) is 0 Å². The molecule has 0 saturated carbocycles. The highest BCUT2D eigenvalue weighted by Gasteiger charge is 2.32. The molecule has 6 heteroatoms. The summed E-state index contributed by atoms with van der Waals surface area (Å²) in [6.45, 7) is 2.34. The van der Waals surface area contributed by atoms with Gasteiger partial charge in [-0.1, -0.05) is 0 Å². The van der Waals surface area contributed by atoms with Crippen LogP contribution in [0.2, 0.25) is 0 Å². The van der Waals surface area contributed by atoms with Crippen molar-refractivity contribution in [3.05, 3.63) is 0 Å². The van der Waals surface area contributed by atoms with Gasteiger partial charge in [-0.2, -0.15) is 0 Å². The highest BCUT2D eigenvalue weighted by atomic mass is 16.3. The monoisotopic (exact) mass is 241 g/mol. The first kappa shape index (κ1) is 12.3. The lowest BCUT2D eigenvalue weighted by Gasteiger charge is -2.34. The summed E-state index contributed by atoms with van der Waals surface area (Å²) in [7, 11) is 0. The molecule has 2 unspecified atom stereocenters. The van der Waals surface area contributed by atoms with Crippen LogP contribution >= 0.6 is 0 Å². The zero-order valence-electron chi connectivity index (χ0n) is 9.84. The van der Waals surface area contributed by atoms with E-state index >= 15 is 0 Å². The molecular formula is C11H19N3O3. The number of aliphatic hydroxyl groups excluding tert-OH is 1. The molecule has 0 spiro atoms. The average Bonchev–Trinajstić information content (AvgIpc) is 2.60. The number of hydrogen-bond donors (Lipinski definition) is 2. The summed E-state index contributed by atoms with van der Waals surface area (Å²) >= 11 is 0. The second-order valence-corrected chi connectivity index (χ2v) is 4.73. The first-order valence-corrected chi connectivity index (χ1v) is 6.10. The average molecular weight is 241 g/mol. The van der Waals surface area contributed by atoms with Crippen molar-refractivity contribution in [2.75, 3.05) is 26.2 Å². The Morgan fingerprint density at radius 1 is 1.35 bits per heavy atom. The van der Waals surface area contributed by atoms with Crippen molar-refractivity contribution in [2.24, 2.45) is 5.73 Å². The summed E-state index contributed by atoms with van der Waals surface area (Å²) in [5.74, 6) is -0.251. The molecule has 17 heavy (non-hydrogen) atoms. The van der Waals surface area contributed by atoms with Gasteiger partial charge in [-0.25, -0.2) is 0 Å². The van der Waals surface area contributed by atoms with Crippen LogP contribution in [0.1, 0.15) is 19.3 Å². The molecule has 0 aromatic heterocycles. The van der Waals surface area contributed by atoms with Crippen LogP contribution in [0.5, 0.6) is 0 Å². The minimum Gasteiger partial charge on any atom is -0.382 e. The molecule has 2 heterocycles. The molecule has 2 atom stereocenters. The highest BCUT2D eigenvalue weighted by molar-refractivity contribution is 5.82. The van der Waals surface area contributed by atoms with Crippen molar-refractivity contribution >= 4 is 11.8 Å². The molecule has 0 aliphatic carbocycles. The first-order valence-electron chi connectivity index (χ1n) is 6.10. The molecule has 0 aromatic carbocycles. The summed E-state index contributed by atoms with van der Waals surface area (Å²) in [6, 6.07) is -0.690. The lowest BCUT2D eigenvalue weighted by atomic mass is 10.1. The lowest BCUT2D eigenvalue weighted by Crippen LogP contribution is -2.55. The Balaban J connectivity index is 1.83. The maximum Gasteiger partial charge on any atom is 0.253 e. The Bertz CT molecular complexity index is 317. The van der Waals surface area contributed by atoms with Crippen LogP contribution in [0.25, 0.3) is 0 Å². The lowest BCUT2D eigenvalue weighted by molar-refractivity contribution is -0.145. The van der Waals surface area contributed by atoms with Crippen LogP contribution in [-0.4, -0.2) is 65.0 Å². The van der Waals surface area contributed by atoms with Crippen LogP contribution in [0, 0.1) is 0 Å². The smallest absolute Gasteiger partial charge is 0.253 e. The molecule has 2 rings (SSSR count). The van der Waals surface area contributed by atoms with E-state index in [9.17, 15) is 14.7 Å². The molecule has 0 aromatic rings. The van der Waals surface area contributed by atoms with Crippen LogP contribution in [0.15, 0.2) is 0 Å². The fourth-order valence-corrected chi connectivity index (χ4v) is 2.16. The SMILES string of the molecule is NC(CN1CCCC1=O)C(O)C(=O)N1CCC1. The van der Waals surface area contributed by atoms with Crippen molar-refractivity contribution in [2.45, 2.75) is 31.4 Å². The molecule has 0 bridgehead atoms. The molecule has 2 aliphatic heterocycles. The number of nitrogens with zero attached hydrogens (tertiary/aromatic N) is 2. The topological polar surface area (TPSA) is 86.9 Å². The number of amides is 2. The number of aliphatic hydroxyl groups is 1. The van der Waals surface area contributed by atoms with E-state index in [4.69, 9.17) is 5.73 Å². The Morgan fingerprint density at radius 2 is 2.06 bits per heavy atom. The van der Waals surface area contributed by atoms with E-state index in [1.807, 2.05) is 0 Å². The van der Waals surface area contributed by atoms with Crippen LogP contribution in [0.3, 0.4) is 0 Å². The van der Waals surface area contributed by atoms with Gasteiger partial charge in [-0.3, -0.25) is 9.59 Å². The van der Waals surface area contributed by atoms with Gasteiger partial charge >= 0.3 is 0 Å². The zero-order chi connectivity index (χ0) is 12.4. The molecule has 2 aliphatic rings. The van der Waals surface area contributed by atoms with Crippen molar-refractivity contribution in [3.63, 3.8) is 0 Å². The van der Waals surface area contributed by atoms with E-state index in [1.54, 1.807) is 9.80 Å². The molecule has 2 amide bonds. The normalized spacial score (nSPS) is 23.5. The molecule has 0 radical (unpaired) electrons. The standard InChI is InChI=1S/C11H19N3O3/c12-8(7-14-4-1-3-9(14)15)10(16)11(17)13-5-2-6-13/h8,10,16H,1-7,12H2. The highest BCUT2D eigenvalue weighted by Crippen LogP contribution is 2.13. The number of rotatable bonds is 4. The molecule has 2 saturated heterocycles. The predicted octanol–water partition coefficient (Wildman–Crippen LogP) is -1.47. The van der Waals surface area contributed by atoms with E-state index < -0.39 is 12.1 Å². The Morgan fingerprint density at radius 3 is 2.53 bits per heavy atom. The number of carbonyl (C=O) groups is 2. The summed E-state index contributed by atoms with van der Waals surface area (Å²) in [6.07, 6.45) is 1.17. The number of likely N-dealkylation sites (tertiary alicyclic amines) is 2. The molecular weight excluding hydrogens is 222 g/mol. The van der Waals surface area contributed by atoms with Gasteiger partial charge in [0.2, 0.25) is 5.91 Å².